The van der Waals surface area contributed by atoms with Crippen LogP contribution in [0.15, 0.2) is 18.3 Å². The molecule has 0 saturated carbocycles. The molecule has 0 aromatic carbocycles. The van der Waals surface area contributed by atoms with Crippen molar-refractivity contribution in [2.45, 2.75) is 65.6 Å². The Labute approximate surface area is 130 Å². The van der Waals surface area contributed by atoms with Crippen LogP contribution in [0.2, 0.25) is 0 Å². The highest BCUT2D eigenvalue weighted by atomic mass is 15.3. The van der Waals surface area contributed by atoms with E-state index in [-0.39, 0.29) is 5.54 Å². The van der Waals surface area contributed by atoms with Gasteiger partial charge in [0.05, 0.1) is 5.69 Å². The number of nitrogens with zero attached hydrogens (tertiary/aromatic N) is 2. The third-order valence-electron chi connectivity index (χ3n) is 4.95. The topological polar surface area (TPSA) is 28.2 Å². The molecule has 1 aliphatic heterocycles. The molecule has 1 aromatic heterocycles. The Morgan fingerprint density at radius 3 is 2.86 bits per heavy atom. The van der Waals surface area contributed by atoms with Gasteiger partial charge in [-0.3, -0.25) is 9.88 Å². The van der Waals surface area contributed by atoms with Crippen molar-refractivity contribution in [3.8, 4) is 0 Å². The minimum absolute atomic E-state index is 0.234. The second-order valence-electron chi connectivity index (χ2n) is 7.21. The second-order valence-corrected chi connectivity index (χ2v) is 7.21. The van der Waals surface area contributed by atoms with Crippen molar-refractivity contribution in [1.29, 1.82) is 0 Å². The predicted octanol–water partition coefficient (Wildman–Crippen LogP) is 3.38. The van der Waals surface area contributed by atoms with E-state index in [2.05, 4.69) is 55.9 Å². The molecule has 2 atom stereocenters. The number of aryl methyl sites for hydroxylation is 1. The van der Waals surface area contributed by atoms with Gasteiger partial charge >= 0.3 is 0 Å². The maximum absolute atomic E-state index is 4.60. The quantitative estimate of drug-likeness (QED) is 0.900. The molecule has 0 amide bonds. The predicted molar refractivity (Wildman–Crippen MR) is 89.3 cm³/mol. The van der Waals surface area contributed by atoms with Gasteiger partial charge in [0.1, 0.15) is 0 Å². The SMILES string of the molecule is CCC1(C)CNC(CC(C)C)CN1Cc1ncccc1C. The van der Waals surface area contributed by atoms with Crippen LogP contribution in [0.5, 0.6) is 0 Å². The molecule has 0 radical (unpaired) electrons. The molecule has 0 aliphatic carbocycles. The summed E-state index contributed by atoms with van der Waals surface area (Å²) in [6.07, 6.45) is 4.33. The molecule has 1 N–H and O–H groups in total. The molecular formula is C18H31N3. The van der Waals surface area contributed by atoms with Gasteiger partial charge in [-0.25, -0.2) is 0 Å². The molecule has 2 heterocycles. The largest absolute Gasteiger partial charge is 0.311 e. The van der Waals surface area contributed by atoms with Crippen molar-refractivity contribution in [2.24, 2.45) is 5.92 Å². The van der Waals surface area contributed by atoms with Gasteiger partial charge in [0.2, 0.25) is 0 Å². The van der Waals surface area contributed by atoms with Crippen molar-refractivity contribution in [2.75, 3.05) is 13.1 Å². The monoisotopic (exact) mass is 289 g/mol. The number of hydrogen-bond donors (Lipinski definition) is 1. The molecule has 0 spiro atoms. The average molecular weight is 289 g/mol. The lowest BCUT2D eigenvalue weighted by atomic mass is 9.89. The molecular weight excluding hydrogens is 258 g/mol. The van der Waals surface area contributed by atoms with Crippen molar-refractivity contribution in [1.82, 2.24) is 15.2 Å². The van der Waals surface area contributed by atoms with Crippen molar-refractivity contribution in [3.63, 3.8) is 0 Å². The van der Waals surface area contributed by atoms with Crippen molar-refractivity contribution in [3.05, 3.63) is 29.6 Å². The Morgan fingerprint density at radius 1 is 1.48 bits per heavy atom. The number of hydrogen-bond acceptors (Lipinski definition) is 3. The van der Waals surface area contributed by atoms with E-state index in [0.29, 0.717) is 6.04 Å². The first kappa shape index (κ1) is 16.4. The summed E-state index contributed by atoms with van der Waals surface area (Å²) in [5, 5.41) is 3.76. The fourth-order valence-electron chi connectivity index (χ4n) is 3.22. The van der Waals surface area contributed by atoms with Gasteiger partial charge in [0, 0.05) is 37.4 Å². The molecule has 3 heteroatoms. The summed E-state index contributed by atoms with van der Waals surface area (Å²) >= 11 is 0. The standard InChI is InChI=1S/C18H31N3/c1-6-18(5)13-20-16(10-14(2)3)11-21(18)12-17-15(4)8-7-9-19-17/h7-9,14,16,20H,6,10-13H2,1-5H3. The highest BCUT2D eigenvalue weighted by Gasteiger charge is 2.36. The Bertz CT molecular complexity index is 458. The van der Waals surface area contributed by atoms with Crippen molar-refractivity contribution < 1.29 is 0 Å². The summed E-state index contributed by atoms with van der Waals surface area (Å²) in [6.45, 7) is 14.6. The molecule has 1 aromatic rings. The van der Waals surface area contributed by atoms with Gasteiger partial charge in [0.25, 0.3) is 0 Å². The third kappa shape index (κ3) is 4.04. The van der Waals surface area contributed by atoms with E-state index in [0.717, 1.165) is 25.6 Å². The van der Waals surface area contributed by atoms with E-state index in [1.807, 2.05) is 12.3 Å². The molecule has 3 nitrogen and oxygen atoms in total. The van der Waals surface area contributed by atoms with E-state index in [1.54, 1.807) is 0 Å². The average Bonchev–Trinajstić information content (AvgIpc) is 2.44. The fourth-order valence-corrected chi connectivity index (χ4v) is 3.22. The summed E-state index contributed by atoms with van der Waals surface area (Å²) in [5.41, 5.74) is 2.76. The molecule has 0 bridgehead atoms. The summed E-state index contributed by atoms with van der Waals surface area (Å²) in [6, 6.07) is 4.80. The molecule has 118 valence electrons. The lowest BCUT2D eigenvalue weighted by Gasteiger charge is -2.48. The van der Waals surface area contributed by atoms with E-state index in [1.165, 1.54) is 24.1 Å². The van der Waals surface area contributed by atoms with Crippen LogP contribution in [0, 0.1) is 12.8 Å². The van der Waals surface area contributed by atoms with E-state index >= 15 is 0 Å². The van der Waals surface area contributed by atoms with Crippen LogP contribution in [0.4, 0.5) is 0 Å². The van der Waals surface area contributed by atoms with E-state index in [9.17, 15) is 0 Å². The Kier molecular flexibility index (Phi) is 5.39. The minimum Gasteiger partial charge on any atom is -0.311 e. The first-order valence-corrected chi connectivity index (χ1v) is 8.33. The summed E-state index contributed by atoms with van der Waals surface area (Å²) in [5.74, 6) is 0.743. The van der Waals surface area contributed by atoms with Gasteiger partial charge in [-0.1, -0.05) is 26.8 Å². The summed E-state index contributed by atoms with van der Waals surface area (Å²) in [4.78, 5) is 7.24. The van der Waals surface area contributed by atoms with Gasteiger partial charge < -0.3 is 5.32 Å². The van der Waals surface area contributed by atoms with Crippen molar-refractivity contribution >= 4 is 0 Å². The van der Waals surface area contributed by atoms with Gasteiger partial charge in [-0.15, -0.1) is 0 Å². The molecule has 21 heavy (non-hydrogen) atoms. The summed E-state index contributed by atoms with van der Waals surface area (Å²) < 4.78 is 0. The van der Waals surface area contributed by atoms with Crippen LogP contribution >= 0.6 is 0 Å². The zero-order valence-electron chi connectivity index (χ0n) is 14.3. The van der Waals surface area contributed by atoms with Crippen LogP contribution in [0.1, 0.15) is 51.8 Å². The Hall–Kier alpha value is -0.930. The first-order valence-electron chi connectivity index (χ1n) is 8.33. The first-order chi connectivity index (χ1) is 9.94. The number of piperazine rings is 1. The molecule has 1 aliphatic rings. The van der Waals surface area contributed by atoms with Gasteiger partial charge in [-0.05, 0) is 44.2 Å². The normalized spacial score (nSPS) is 27.2. The Morgan fingerprint density at radius 2 is 2.24 bits per heavy atom. The second kappa shape index (κ2) is 6.89. The Balaban J connectivity index is 2.13. The number of nitrogens with one attached hydrogen (secondary N) is 1. The van der Waals surface area contributed by atoms with Crippen LogP contribution < -0.4 is 5.32 Å². The number of pyridine rings is 1. The number of rotatable bonds is 5. The van der Waals surface area contributed by atoms with Gasteiger partial charge in [-0.2, -0.15) is 0 Å². The zero-order chi connectivity index (χ0) is 15.5. The smallest absolute Gasteiger partial charge is 0.0573 e. The highest BCUT2D eigenvalue weighted by Crippen LogP contribution is 2.26. The van der Waals surface area contributed by atoms with Gasteiger partial charge in [0.15, 0.2) is 0 Å². The molecule has 1 fully saturated rings. The van der Waals surface area contributed by atoms with Crippen LogP contribution in [0.25, 0.3) is 0 Å². The molecule has 2 unspecified atom stereocenters. The zero-order valence-corrected chi connectivity index (χ0v) is 14.3. The fraction of sp³-hybridized carbons (Fsp3) is 0.722. The minimum atomic E-state index is 0.234. The number of aromatic nitrogens is 1. The maximum Gasteiger partial charge on any atom is 0.0573 e. The lowest BCUT2D eigenvalue weighted by molar-refractivity contribution is 0.0360. The van der Waals surface area contributed by atoms with E-state index in [4.69, 9.17) is 0 Å². The lowest BCUT2D eigenvalue weighted by Crippen LogP contribution is -2.62. The summed E-state index contributed by atoms with van der Waals surface area (Å²) in [7, 11) is 0. The molecule has 2 rings (SSSR count). The van der Waals surface area contributed by atoms with Crippen LogP contribution in [-0.2, 0) is 6.54 Å². The third-order valence-corrected chi connectivity index (χ3v) is 4.95. The van der Waals surface area contributed by atoms with Crippen LogP contribution in [0.3, 0.4) is 0 Å². The highest BCUT2D eigenvalue weighted by molar-refractivity contribution is 5.18. The molecule has 1 saturated heterocycles. The maximum atomic E-state index is 4.60. The van der Waals surface area contributed by atoms with E-state index < -0.39 is 0 Å². The van der Waals surface area contributed by atoms with Crippen LogP contribution in [-0.4, -0.2) is 34.6 Å².